The molecule has 2 saturated heterocycles. The summed E-state index contributed by atoms with van der Waals surface area (Å²) < 4.78 is 16.7. The second-order valence-corrected chi connectivity index (χ2v) is 5.66. The van der Waals surface area contributed by atoms with E-state index in [1.54, 1.807) is 0 Å². The van der Waals surface area contributed by atoms with Crippen LogP contribution in [0.25, 0.3) is 0 Å². The molecule has 2 aliphatic rings. The molecule has 0 aliphatic carbocycles. The smallest absolute Gasteiger partial charge is 0.127 e. The molecule has 0 radical (unpaired) electrons. The first kappa shape index (κ1) is 12.9. The first-order chi connectivity index (χ1) is 10.4. The summed E-state index contributed by atoms with van der Waals surface area (Å²) in [5.74, 6) is 1.75. The van der Waals surface area contributed by atoms with Gasteiger partial charge in [-0.1, -0.05) is 24.3 Å². The Morgan fingerprint density at radius 1 is 0.810 bits per heavy atom. The Morgan fingerprint density at radius 2 is 1.48 bits per heavy atom. The quantitative estimate of drug-likeness (QED) is 0.762. The molecular formula is C18H18O3. The summed E-state index contributed by atoms with van der Waals surface area (Å²) in [5, 5.41) is 0. The molecular weight excluding hydrogens is 264 g/mol. The Balaban J connectivity index is 1.55. The van der Waals surface area contributed by atoms with E-state index in [0.717, 1.165) is 37.6 Å². The Kier molecular flexibility index (Phi) is 3.37. The van der Waals surface area contributed by atoms with Gasteiger partial charge in [0.2, 0.25) is 0 Å². The minimum absolute atomic E-state index is 0.385. The van der Waals surface area contributed by atoms with Gasteiger partial charge in [0.05, 0.1) is 25.4 Å². The van der Waals surface area contributed by atoms with Gasteiger partial charge in [-0.05, 0) is 35.4 Å². The van der Waals surface area contributed by atoms with Gasteiger partial charge in [0.15, 0.2) is 0 Å². The van der Waals surface area contributed by atoms with Crippen LogP contribution in [0, 0.1) is 0 Å². The third-order valence-corrected chi connectivity index (χ3v) is 3.86. The van der Waals surface area contributed by atoms with Crippen LogP contribution in [0.3, 0.4) is 0 Å². The Bertz CT molecular complexity index is 616. The molecule has 0 N–H and O–H groups in total. The van der Waals surface area contributed by atoms with E-state index in [1.165, 1.54) is 11.1 Å². The van der Waals surface area contributed by atoms with Crippen molar-refractivity contribution in [3.63, 3.8) is 0 Å². The molecule has 108 valence electrons. The molecule has 21 heavy (non-hydrogen) atoms. The van der Waals surface area contributed by atoms with Crippen LogP contribution in [0.4, 0.5) is 0 Å². The van der Waals surface area contributed by atoms with Crippen LogP contribution in [0.1, 0.15) is 11.1 Å². The number of ether oxygens (including phenoxy) is 3. The van der Waals surface area contributed by atoms with E-state index < -0.39 is 0 Å². The molecule has 4 rings (SSSR count). The van der Waals surface area contributed by atoms with Gasteiger partial charge in [-0.15, -0.1) is 0 Å². The summed E-state index contributed by atoms with van der Waals surface area (Å²) in [6.07, 6.45) is 2.75. The van der Waals surface area contributed by atoms with E-state index >= 15 is 0 Å². The van der Waals surface area contributed by atoms with Gasteiger partial charge in [-0.3, -0.25) is 0 Å². The van der Waals surface area contributed by atoms with Crippen molar-refractivity contribution in [2.24, 2.45) is 0 Å². The number of rotatable bonds is 6. The molecule has 3 nitrogen and oxygen atoms in total. The first-order valence-corrected chi connectivity index (χ1v) is 7.45. The minimum atomic E-state index is 0.385. The lowest BCUT2D eigenvalue weighted by molar-refractivity contribution is 0.401. The summed E-state index contributed by atoms with van der Waals surface area (Å²) >= 11 is 0. The molecule has 0 amide bonds. The van der Waals surface area contributed by atoms with Crippen molar-refractivity contribution in [3.8, 4) is 11.5 Å². The van der Waals surface area contributed by atoms with Gasteiger partial charge in [0.25, 0.3) is 0 Å². The summed E-state index contributed by atoms with van der Waals surface area (Å²) in [6.45, 7) is 1.77. The zero-order valence-electron chi connectivity index (χ0n) is 11.8. The second kappa shape index (κ2) is 5.51. The SMILES string of the molecule is c1ccc(Oc2ccc(CC3CO3)c(CC3CO3)c2)cc1. The fourth-order valence-corrected chi connectivity index (χ4v) is 2.54. The fourth-order valence-electron chi connectivity index (χ4n) is 2.54. The molecule has 0 aromatic heterocycles. The molecule has 0 saturated carbocycles. The molecule has 2 aromatic rings. The van der Waals surface area contributed by atoms with Crippen molar-refractivity contribution in [2.75, 3.05) is 13.2 Å². The van der Waals surface area contributed by atoms with Gasteiger partial charge in [-0.2, -0.15) is 0 Å². The monoisotopic (exact) mass is 282 g/mol. The maximum atomic E-state index is 5.92. The number of para-hydroxylation sites is 1. The minimum Gasteiger partial charge on any atom is -0.457 e. The van der Waals surface area contributed by atoms with E-state index in [-0.39, 0.29) is 0 Å². The fraction of sp³-hybridized carbons (Fsp3) is 0.333. The zero-order valence-corrected chi connectivity index (χ0v) is 11.8. The molecule has 0 spiro atoms. The highest BCUT2D eigenvalue weighted by atomic mass is 16.6. The lowest BCUT2D eigenvalue weighted by Gasteiger charge is -2.11. The van der Waals surface area contributed by atoms with E-state index in [9.17, 15) is 0 Å². The first-order valence-electron chi connectivity index (χ1n) is 7.45. The van der Waals surface area contributed by atoms with Crippen molar-refractivity contribution < 1.29 is 14.2 Å². The van der Waals surface area contributed by atoms with Crippen LogP contribution >= 0.6 is 0 Å². The molecule has 0 bridgehead atoms. The third-order valence-electron chi connectivity index (χ3n) is 3.86. The molecule has 2 aliphatic heterocycles. The highest BCUT2D eigenvalue weighted by Crippen LogP contribution is 2.29. The highest BCUT2D eigenvalue weighted by Gasteiger charge is 2.27. The number of hydrogen-bond donors (Lipinski definition) is 0. The summed E-state index contributed by atoms with van der Waals surface area (Å²) in [5.41, 5.74) is 2.68. The number of benzene rings is 2. The standard InChI is InChI=1S/C18H18O3/c1-2-4-15(5-3-1)21-16-7-6-13(8-17-11-19-17)14(9-16)10-18-12-20-18/h1-7,9,17-18H,8,10-12H2. The average Bonchev–Trinajstić information content (AvgIpc) is 3.39. The predicted molar refractivity (Wildman–Crippen MR) is 79.8 cm³/mol. The van der Waals surface area contributed by atoms with Crippen LogP contribution in [-0.2, 0) is 22.3 Å². The van der Waals surface area contributed by atoms with E-state index in [0.29, 0.717) is 12.2 Å². The third kappa shape index (κ3) is 3.43. The highest BCUT2D eigenvalue weighted by molar-refractivity contribution is 5.39. The Labute approximate surface area is 124 Å². The number of epoxide rings is 2. The van der Waals surface area contributed by atoms with Crippen LogP contribution in [-0.4, -0.2) is 25.4 Å². The van der Waals surface area contributed by atoms with Crippen LogP contribution in [0.2, 0.25) is 0 Å². The Hall–Kier alpha value is -1.84. The molecule has 2 heterocycles. The van der Waals surface area contributed by atoms with Gasteiger partial charge >= 0.3 is 0 Å². The summed E-state index contributed by atoms with van der Waals surface area (Å²) in [6, 6.07) is 16.2. The van der Waals surface area contributed by atoms with Gasteiger partial charge < -0.3 is 14.2 Å². The van der Waals surface area contributed by atoms with E-state index in [2.05, 4.69) is 12.1 Å². The normalized spacial score (nSPS) is 22.9. The van der Waals surface area contributed by atoms with E-state index in [4.69, 9.17) is 14.2 Å². The largest absolute Gasteiger partial charge is 0.457 e. The van der Waals surface area contributed by atoms with Crippen LogP contribution in [0.15, 0.2) is 48.5 Å². The zero-order chi connectivity index (χ0) is 14.1. The number of hydrogen-bond acceptors (Lipinski definition) is 3. The molecule has 2 atom stereocenters. The van der Waals surface area contributed by atoms with Gasteiger partial charge in [0.1, 0.15) is 11.5 Å². The van der Waals surface area contributed by atoms with Crippen LogP contribution in [0.5, 0.6) is 11.5 Å². The van der Waals surface area contributed by atoms with Gasteiger partial charge in [0, 0.05) is 12.8 Å². The van der Waals surface area contributed by atoms with Crippen molar-refractivity contribution in [1.82, 2.24) is 0 Å². The topological polar surface area (TPSA) is 34.3 Å². The van der Waals surface area contributed by atoms with Crippen molar-refractivity contribution in [3.05, 3.63) is 59.7 Å². The van der Waals surface area contributed by atoms with Gasteiger partial charge in [-0.25, -0.2) is 0 Å². The maximum absolute atomic E-state index is 5.92. The second-order valence-electron chi connectivity index (χ2n) is 5.66. The molecule has 2 unspecified atom stereocenters. The lowest BCUT2D eigenvalue weighted by atomic mass is 9.99. The Morgan fingerprint density at radius 3 is 2.14 bits per heavy atom. The van der Waals surface area contributed by atoms with Crippen molar-refractivity contribution >= 4 is 0 Å². The molecule has 3 heteroatoms. The van der Waals surface area contributed by atoms with Crippen molar-refractivity contribution in [2.45, 2.75) is 25.0 Å². The average molecular weight is 282 g/mol. The predicted octanol–water partition coefficient (Wildman–Crippen LogP) is 3.36. The van der Waals surface area contributed by atoms with Crippen molar-refractivity contribution in [1.29, 1.82) is 0 Å². The maximum Gasteiger partial charge on any atom is 0.127 e. The molecule has 2 aromatic carbocycles. The van der Waals surface area contributed by atoms with E-state index in [1.807, 2.05) is 36.4 Å². The summed E-state index contributed by atoms with van der Waals surface area (Å²) in [4.78, 5) is 0. The lowest BCUT2D eigenvalue weighted by Crippen LogP contribution is -2.03. The molecule has 2 fully saturated rings. The summed E-state index contributed by atoms with van der Waals surface area (Å²) in [7, 11) is 0. The van der Waals surface area contributed by atoms with Crippen LogP contribution < -0.4 is 4.74 Å².